The summed E-state index contributed by atoms with van der Waals surface area (Å²) in [5.41, 5.74) is 15.9. The molecule has 3 nitrogen and oxygen atoms in total. The molecule has 74 valence electrons. The van der Waals surface area contributed by atoms with Crippen LogP contribution in [0.3, 0.4) is 0 Å². The largest absolute Gasteiger partial charge is 0.405 e. The summed E-state index contributed by atoms with van der Waals surface area (Å²) in [5, 5.41) is 0. The van der Waals surface area contributed by atoms with Gasteiger partial charge in [-0.15, -0.1) is 0 Å². The summed E-state index contributed by atoms with van der Waals surface area (Å²) in [6.07, 6.45) is 10.9. The average Bonchev–Trinajstić information content (AvgIpc) is 2.17. The molecule has 0 amide bonds. The Morgan fingerprint density at radius 1 is 0.692 bits per heavy atom. The molecule has 0 aromatic carbocycles. The maximum atomic E-state index is 5.29. The molecule has 0 bridgehead atoms. The van der Waals surface area contributed by atoms with Gasteiger partial charge in [-0.1, -0.05) is 18.2 Å². The van der Waals surface area contributed by atoms with Crippen molar-refractivity contribution in [2.24, 2.45) is 17.2 Å². The van der Waals surface area contributed by atoms with E-state index in [2.05, 4.69) is 0 Å². The fourth-order valence-corrected chi connectivity index (χ4v) is 3.31. The summed E-state index contributed by atoms with van der Waals surface area (Å²) in [6.45, 7) is 0. The Labute approximate surface area is 81.6 Å². The molecule has 0 heterocycles. The quantitative estimate of drug-likeness (QED) is 0.547. The van der Waals surface area contributed by atoms with E-state index in [1.807, 2.05) is 18.2 Å². The first kappa shape index (κ1) is 11.8. The van der Waals surface area contributed by atoms with Gasteiger partial charge in [0.1, 0.15) is 0 Å². The summed E-state index contributed by atoms with van der Waals surface area (Å²) in [5.74, 6) is 0. The first-order valence-corrected chi connectivity index (χ1v) is 6.90. The molecule has 0 unspecified atom stereocenters. The van der Waals surface area contributed by atoms with Crippen LogP contribution in [0, 0.1) is 0 Å². The second-order valence-electron chi connectivity index (χ2n) is 2.86. The number of allylic oxidation sites excluding steroid dienone is 3. The summed E-state index contributed by atoms with van der Waals surface area (Å²) in [6, 6.07) is 3.31. The lowest BCUT2D eigenvalue weighted by molar-refractivity contribution is 1.39. The molecule has 0 rings (SSSR count). The van der Waals surface area contributed by atoms with E-state index in [0.717, 1.165) is 18.1 Å². The molecule has 0 saturated heterocycles. The molecular weight excluding hydrogens is 178 g/mol. The smallest absolute Gasteiger partial charge is 0.0482 e. The van der Waals surface area contributed by atoms with E-state index in [-0.39, 0.29) is 0 Å². The molecule has 13 heavy (non-hydrogen) atoms. The Morgan fingerprint density at radius 2 is 1.00 bits per heavy atom. The number of hydrogen-bond acceptors (Lipinski definition) is 3. The predicted molar refractivity (Wildman–Crippen MR) is 61.6 cm³/mol. The average molecular weight is 197 g/mol. The Morgan fingerprint density at radius 3 is 1.23 bits per heavy atom. The molecule has 0 aromatic rings. The third-order valence-electron chi connectivity index (χ3n) is 1.82. The number of nitrogens with two attached hydrogens (primary N) is 3. The molecule has 0 aliphatic heterocycles. The van der Waals surface area contributed by atoms with Crippen LogP contribution in [0.25, 0.3) is 0 Å². The van der Waals surface area contributed by atoms with Crippen molar-refractivity contribution in [1.82, 2.24) is 0 Å². The third-order valence-corrected chi connectivity index (χ3v) is 4.63. The lowest BCUT2D eigenvalue weighted by Crippen LogP contribution is -2.08. The SMILES string of the molecule is NC=CC[SiH](CC=CN)CC=CN. The van der Waals surface area contributed by atoms with Crippen LogP contribution < -0.4 is 17.2 Å². The molecule has 0 fully saturated rings. The molecule has 0 aliphatic rings. The van der Waals surface area contributed by atoms with Gasteiger partial charge in [-0.05, 0) is 36.7 Å². The highest BCUT2D eigenvalue weighted by Gasteiger charge is 2.04. The topological polar surface area (TPSA) is 78.1 Å². The number of hydrogen-bond donors (Lipinski definition) is 3. The van der Waals surface area contributed by atoms with E-state index in [1.165, 1.54) is 0 Å². The Hall–Kier alpha value is -1.16. The van der Waals surface area contributed by atoms with Gasteiger partial charge in [0.05, 0.1) is 0 Å². The monoisotopic (exact) mass is 197 g/mol. The van der Waals surface area contributed by atoms with Gasteiger partial charge in [0.15, 0.2) is 0 Å². The van der Waals surface area contributed by atoms with Crippen molar-refractivity contribution in [3.63, 3.8) is 0 Å². The van der Waals surface area contributed by atoms with Crippen molar-refractivity contribution >= 4 is 8.80 Å². The van der Waals surface area contributed by atoms with Gasteiger partial charge >= 0.3 is 0 Å². The highest BCUT2D eigenvalue weighted by atomic mass is 28.3. The van der Waals surface area contributed by atoms with E-state index < -0.39 is 8.80 Å². The van der Waals surface area contributed by atoms with Gasteiger partial charge in [0.2, 0.25) is 0 Å². The van der Waals surface area contributed by atoms with Crippen molar-refractivity contribution in [3.8, 4) is 0 Å². The van der Waals surface area contributed by atoms with Gasteiger partial charge in [0, 0.05) is 8.80 Å². The molecular formula is C9H19N3Si. The van der Waals surface area contributed by atoms with Crippen molar-refractivity contribution in [3.05, 3.63) is 36.8 Å². The molecule has 0 saturated carbocycles. The Balaban J connectivity index is 3.86. The zero-order valence-electron chi connectivity index (χ0n) is 7.89. The van der Waals surface area contributed by atoms with Crippen LogP contribution in [-0.4, -0.2) is 8.80 Å². The first-order valence-electron chi connectivity index (χ1n) is 4.45. The van der Waals surface area contributed by atoms with E-state index in [9.17, 15) is 0 Å². The molecule has 0 atom stereocenters. The van der Waals surface area contributed by atoms with E-state index in [1.54, 1.807) is 18.6 Å². The minimum absolute atomic E-state index is 0.787. The second kappa shape index (κ2) is 8.93. The van der Waals surface area contributed by atoms with E-state index >= 15 is 0 Å². The van der Waals surface area contributed by atoms with Crippen molar-refractivity contribution in [1.29, 1.82) is 0 Å². The minimum atomic E-state index is -0.787. The van der Waals surface area contributed by atoms with Crippen molar-refractivity contribution in [2.75, 3.05) is 0 Å². The van der Waals surface area contributed by atoms with Crippen LogP contribution in [0.15, 0.2) is 36.8 Å². The minimum Gasteiger partial charge on any atom is -0.405 e. The lowest BCUT2D eigenvalue weighted by Gasteiger charge is -2.06. The molecule has 6 N–H and O–H groups in total. The fraction of sp³-hybridized carbons (Fsp3) is 0.333. The fourth-order valence-electron chi connectivity index (χ4n) is 1.10. The first-order chi connectivity index (χ1) is 6.35. The van der Waals surface area contributed by atoms with Crippen LogP contribution in [0.1, 0.15) is 0 Å². The van der Waals surface area contributed by atoms with E-state index in [4.69, 9.17) is 17.2 Å². The Kier molecular flexibility index (Phi) is 8.13. The summed E-state index contributed by atoms with van der Waals surface area (Å²) in [4.78, 5) is 0. The van der Waals surface area contributed by atoms with Gasteiger partial charge in [-0.2, -0.15) is 0 Å². The molecule has 4 heteroatoms. The third kappa shape index (κ3) is 7.21. The molecule has 0 spiro atoms. The van der Waals surface area contributed by atoms with Gasteiger partial charge < -0.3 is 17.2 Å². The van der Waals surface area contributed by atoms with E-state index in [0.29, 0.717) is 0 Å². The molecule has 0 aliphatic carbocycles. The van der Waals surface area contributed by atoms with Crippen molar-refractivity contribution < 1.29 is 0 Å². The van der Waals surface area contributed by atoms with Crippen LogP contribution in [0.4, 0.5) is 0 Å². The van der Waals surface area contributed by atoms with Crippen LogP contribution in [0.2, 0.25) is 18.1 Å². The molecule has 0 radical (unpaired) electrons. The zero-order chi connectivity index (χ0) is 9.94. The van der Waals surface area contributed by atoms with Gasteiger partial charge in [-0.25, -0.2) is 0 Å². The normalized spacial score (nSPS) is 14.8. The maximum Gasteiger partial charge on any atom is 0.0482 e. The molecule has 0 aromatic heterocycles. The van der Waals surface area contributed by atoms with Gasteiger partial charge in [0.25, 0.3) is 0 Å². The lowest BCUT2D eigenvalue weighted by atomic mass is 10.7. The number of rotatable bonds is 6. The van der Waals surface area contributed by atoms with Crippen LogP contribution in [0.5, 0.6) is 0 Å². The summed E-state index contributed by atoms with van der Waals surface area (Å²) >= 11 is 0. The highest BCUT2D eigenvalue weighted by Crippen LogP contribution is 2.07. The van der Waals surface area contributed by atoms with Crippen LogP contribution in [-0.2, 0) is 0 Å². The second-order valence-corrected chi connectivity index (χ2v) is 6.00. The van der Waals surface area contributed by atoms with Crippen LogP contribution >= 0.6 is 0 Å². The van der Waals surface area contributed by atoms with Gasteiger partial charge in [-0.3, -0.25) is 0 Å². The maximum absolute atomic E-state index is 5.29. The van der Waals surface area contributed by atoms with Crippen molar-refractivity contribution in [2.45, 2.75) is 18.1 Å². The zero-order valence-corrected chi connectivity index (χ0v) is 9.05. The Bertz CT molecular complexity index is 154. The highest BCUT2D eigenvalue weighted by molar-refractivity contribution is 6.60. The summed E-state index contributed by atoms with van der Waals surface area (Å²) in [7, 11) is -0.787. The standard InChI is InChI=1S/C9H19N3Si/c10-4-1-7-13(8-2-5-11)9-3-6-12/h1-6,13H,7-12H2. The predicted octanol–water partition coefficient (Wildman–Crippen LogP) is 0.631. The summed E-state index contributed by atoms with van der Waals surface area (Å²) < 4.78 is 0.